The normalized spacial score (nSPS) is 12.8. The summed E-state index contributed by atoms with van der Waals surface area (Å²) in [5, 5.41) is 9.16. The van der Waals surface area contributed by atoms with Gasteiger partial charge in [0.05, 0.1) is 11.0 Å². The zero-order chi connectivity index (χ0) is 14.9. The number of carboxylic acids is 1. The fourth-order valence-electron chi connectivity index (χ4n) is 2.64. The number of fused-ring (bicyclic) bond motifs is 1. The number of carbonyl (C=O) groups is 1. The third kappa shape index (κ3) is 2.69. The van der Waals surface area contributed by atoms with Crippen LogP contribution in [0.25, 0.3) is 11.0 Å². The molecule has 1 heterocycles. The molecule has 2 rings (SSSR count). The van der Waals surface area contributed by atoms with Crippen LogP contribution in [0.4, 0.5) is 0 Å². The Balaban J connectivity index is 2.63. The summed E-state index contributed by atoms with van der Waals surface area (Å²) in [6.45, 7) is 8.32. The van der Waals surface area contributed by atoms with E-state index in [2.05, 4.69) is 25.8 Å². The van der Waals surface area contributed by atoms with Crippen molar-refractivity contribution in [3.8, 4) is 0 Å². The lowest BCUT2D eigenvalue weighted by molar-refractivity contribution is -0.137. The van der Waals surface area contributed by atoms with Crippen LogP contribution in [0.2, 0.25) is 0 Å². The zero-order valence-corrected chi connectivity index (χ0v) is 12.6. The van der Waals surface area contributed by atoms with Crippen LogP contribution < -0.4 is 0 Å². The molecule has 0 radical (unpaired) electrons. The number of aryl methyl sites for hydroxylation is 2. The zero-order valence-electron chi connectivity index (χ0n) is 12.6. The van der Waals surface area contributed by atoms with E-state index in [1.165, 1.54) is 11.1 Å². The topological polar surface area (TPSA) is 55.1 Å². The first kappa shape index (κ1) is 14.6. The van der Waals surface area contributed by atoms with E-state index in [1.54, 1.807) is 0 Å². The molecule has 0 fully saturated rings. The van der Waals surface area contributed by atoms with E-state index in [0.717, 1.165) is 29.7 Å². The molecule has 1 unspecified atom stereocenters. The average molecular weight is 274 g/mol. The van der Waals surface area contributed by atoms with Crippen LogP contribution in [-0.2, 0) is 11.3 Å². The van der Waals surface area contributed by atoms with Crippen molar-refractivity contribution in [2.24, 2.45) is 0 Å². The molecule has 0 aliphatic carbocycles. The number of benzene rings is 1. The van der Waals surface area contributed by atoms with Crippen molar-refractivity contribution in [1.82, 2.24) is 9.55 Å². The van der Waals surface area contributed by atoms with Gasteiger partial charge in [0, 0.05) is 5.92 Å². The second-order valence-electron chi connectivity index (χ2n) is 5.56. The number of hydrogen-bond acceptors (Lipinski definition) is 2. The van der Waals surface area contributed by atoms with E-state index < -0.39 is 5.97 Å². The van der Waals surface area contributed by atoms with Crippen LogP contribution in [0.5, 0.6) is 0 Å². The summed E-state index contributed by atoms with van der Waals surface area (Å²) in [5.41, 5.74) is 4.17. The van der Waals surface area contributed by atoms with E-state index in [-0.39, 0.29) is 12.5 Å². The standard InChI is InChI=1S/C16H22N2O2/c1-5-6-10(2)16-17-13-7-11(3)12(4)8-14(13)18(16)9-15(19)20/h7-8,10H,5-6,9H2,1-4H3,(H,19,20). The highest BCUT2D eigenvalue weighted by Crippen LogP contribution is 2.27. The van der Waals surface area contributed by atoms with Crippen LogP contribution in [-0.4, -0.2) is 20.6 Å². The van der Waals surface area contributed by atoms with Crippen LogP contribution in [0.3, 0.4) is 0 Å². The Kier molecular flexibility index (Phi) is 4.12. The Bertz CT molecular complexity index is 643. The Hall–Kier alpha value is -1.84. The van der Waals surface area contributed by atoms with E-state index in [1.807, 2.05) is 23.6 Å². The lowest BCUT2D eigenvalue weighted by atomic mass is 10.1. The quantitative estimate of drug-likeness (QED) is 0.905. The molecule has 4 nitrogen and oxygen atoms in total. The molecule has 1 aromatic heterocycles. The molecule has 0 aliphatic heterocycles. The molecule has 108 valence electrons. The first-order valence-electron chi connectivity index (χ1n) is 7.13. The molecule has 1 aromatic carbocycles. The monoisotopic (exact) mass is 274 g/mol. The van der Waals surface area contributed by atoms with Crippen molar-refractivity contribution in [3.05, 3.63) is 29.1 Å². The molecular weight excluding hydrogens is 252 g/mol. The molecule has 1 N–H and O–H groups in total. The van der Waals surface area contributed by atoms with Crippen LogP contribution in [0, 0.1) is 13.8 Å². The first-order chi connectivity index (χ1) is 9.43. The largest absolute Gasteiger partial charge is 0.480 e. The van der Waals surface area contributed by atoms with Crippen molar-refractivity contribution in [3.63, 3.8) is 0 Å². The van der Waals surface area contributed by atoms with Gasteiger partial charge in [0.15, 0.2) is 0 Å². The maximum Gasteiger partial charge on any atom is 0.323 e. The van der Waals surface area contributed by atoms with Crippen molar-refractivity contribution in [1.29, 1.82) is 0 Å². The number of rotatable bonds is 5. The van der Waals surface area contributed by atoms with Gasteiger partial charge in [0.25, 0.3) is 0 Å². The van der Waals surface area contributed by atoms with E-state index in [0.29, 0.717) is 0 Å². The SMILES string of the molecule is CCCC(C)c1nc2cc(C)c(C)cc2n1CC(=O)O. The molecule has 1 atom stereocenters. The van der Waals surface area contributed by atoms with Crippen molar-refractivity contribution in [2.75, 3.05) is 0 Å². The van der Waals surface area contributed by atoms with Crippen molar-refractivity contribution >= 4 is 17.0 Å². The molecule has 0 amide bonds. The second-order valence-corrected chi connectivity index (χ2v) is 5.56. The third-order valence-electron chi connectivity index (χ3n) is 3.85. The van der Waals surface area contributed by atoms with Gasteiger partial charge in [0.2, 0.25) is 0 Å². The minimum atomic E-state index is -0.826. The molecule has 4 heteroatoms. The van der Waals surface area contributed by atoms with E-state index >= 15 is 0 Å². The Labute approximate surface area is 119 Å². The number of imidazole rings is 1. The predicted octanol–water partition coefficient (Wildman–Crippen LogP) is 3.64. The second kappa shape index (κ2) is 5.65. The van der Waals surface area contributed by atoms with Crippen molar-refractivity contribution in [2.45, 2.75) is 53.0 Å². The highest BCUT2D eigenvalue weighted by Gasteiger charge is 2.18. The minimum Gasteiger partial charge on any atom is -0.480 e. The van der Waals surface area contributed by atoms with Gasteiger partial charge in [-0.15, -0.1) is 0 Å². The van der Waals surface area contributed by atoms with E-state index in [4.69, 9.17) is 5.11 Å². The summed E-state index contributed by atoms with van der Waals surface area (Å²) in [5.74, 6) is 0.328. The summed E-state index contributed by atoms with van der Waals surface area (Å²) in [6, 6.07) is 4.09. The number of hydrogen-bond donors (Lipinski definition) is 1. The van der Waals surface area contributed by atoms with E-state index in [9.17, 15) is 4.79 Å². The summed E-state index contributed by atoms with van der Waals surface area (Å²) in [6.07, 6.45) is 2.08. The van der Waals surface area contributed by atoms with Gasteiger partial charge in [-0.3, -0.25) is 4.79 Å². The summed E-state index contributed by atoms with van der Waals surface area (Å²) in [7, 11) is 0. The molecule has 0 spiro atoms. The predicted molar refractivity (Wildman–Crippen MR) is 80.2 cm³/mol. The van der Waals surface area contributed by atoms with Gasteiger partial charge < -0.3 is 9.67 Å². The Morgan fingerprint density at radius 3 is 2.60 bits per heavy atom. The van der Waals surface area contributed by atoms with Gasteiger partial charge in [-0.1, -0.05) is 20.3 Å². The van der Waals surface area contributed by atoms with Gasteiger partial charge in [-0.05, 0) is 43.5 Å². The molecular formula is C16H22N2O2. The third-order valence-corrected chi connectivity index (χ3v) is 3.85. The van der Waals surface area contributed by atoms with Gasteiger partial charge in [-0.25, -0.2) is 4.98 Å². The highest BCUT2D eigenvalue weighted by atomic mass is 16.4. The lowest BCUT2D eigenvalue weighted by Crippen LogP contribution is -2.13. The fraction of sp³-hybridized carbons (Fsp3) is 0.500. The molecule has 0 saturated heterocycles. The number of nitrogens with zero attached hydrogens (tertiary/aromatic N) is 2. The number of carboxylic acid groups (broad SMARTS) is 1. The van der Waals surface area contributed by atoms with Gasteiger partial charge in [-0.2, -0.15) is 0 Å². The Morgan fingerprint density at radius 1 is 1.35 bits per heavy atom. The first-order valence-corrected chi connectivity index (χ1v) is 7.13. The Morgan fingerprint density at radius 2 is 2.00 bits per heavy atom. The smallest absolute Gasteiger partial charge is 0.323 e. The maximum absolute atomic E-state index is 11.1. The van der Waals surface area contributed by atoms with Crippen LogP contribution in [0.15, 0.2) is 12.1 Å². The minimum absolute atomic E-state index is 0.0254. The number of aliphatic carboxylic acids is 1. The molecule has 0 saturated carbocycles. The number of aromatic nitrogens is 2. The molecule has 20 heavy (non-hydrogen) atoms. The van der Waals surface area contributed by atoms with Crippen LogP contribution in [0.1, 0.15) is 49.6 Å². The summed E-state index contributed by atoms with van der Waals surface area (Å²) >= 11 is 0. The van der Waals surface area contributed by atoms with Crippen molar-refractivity contribution < 1.29 is 9.90 Å². The fourth-order valence-corrected chi connectivity index (χ4v) is 2.64. The summed E-state index contributed by atoms with van der Waals surface area (Å²) in [4.78, 5) is 15.8. The molecule has 2 aromatic rings. The highest BCUT2D eigenvalue weighted by molar-refractivity contribution is 5.80. The maximum atomic E-state index is 11.1. The average Bonchev–Trinajstić information content (AvgIpc) is 2.68. The molecule has 0 aliphatic rings. The molecule has 0 bridgehead atoms. The lowest BCUT2D eigenvalue weighted by Gasteiger charge is -2.12. The van der Waals surface area contributed by atoms with Gasteiger partial charge in [0.1, 0.15) is 12.4 Å². The summed E-state index contributed by atoms with van der Waals surface area (Å²) < 4.78 is 1.85. The van der Waals surface area contributed by atoms with Crippen LogP contribution >= 0.6 is 0 Å². The van der Waals surface area contributed by atoms with Gasteiger partial charge >= 0.3 is 5.97 Å².